The summed E-state index contributed by atoms with van der Waals surface area (Å²) in [7, 11) is 1.86. The molecule has 0 unspecified atom stereocenters. The Morgan fingerprint density at radius 3 is 2.85 bits per heavy atom. The minimum Gasteiger partial charge on any atom is -0.351 e. The van der Waals surface area contributed by atoms with Gasteiger partial charge in [0.05, 0.1) is 17.3 Å². The van der Waals surface area contributed by atoms with Crippen LogP contribution in [0.2, 0.25) is 0 Å². The minimum atomic E-state index is -0.0366. The van der Waals surface area contributed by atoms with Gasteiger partial charge in [-0.05, 0) is 43.0 Å². The van der Waals surface area contributed by atoms with E-state index in [4.69, 9.17) is 0 Å². The largest absolute Gasteiger partial charge is 0.351 e. The van der Waals surface area contributed by atoms with E-state index in [-0.39, 0.29) is 11.9 Å². The number of benzene rings is 1. The molecule has 6 nitrogen and oxygen atoms in total. The van der Waals surface area contributed by atoms with Gasteiger partial charge >= 0.3 is 0 Å². The molecule has 6 heteroatoms. The van der Waals surface area contributed by atoms with E-state index in [0.29, 0.717) is 5.69 Å². The highest BCUT2D eigenvalue weighted by Gasteiger charge is 2.34. The topological polar surface area (TPSA) is 62.2 Å². The van der Waals surface area contributed by atoms with Gasteiger partial charge in [0.25, 0.3) is 5.91 Å². The summed E-state index contributed by atoms with van der Waals surface area (Å²) in [6.07, 6.45) is 3.31. The quantitative estimate of drug-likeness (QED) is 0.719. The molecule has 0 radical (unpaired) electrons. The number of carbonyl (C=O) groups is 1. The number of nitrogens with zero attached hydrogens (tertiary/aromatic N) is 5. The number of aromatic nitrogens is 3. The monoisotopic (exact) mass is 359 g/mol. The summed E-state index contributed by atoms with van der Waals surface area (Å²) < 4.78 is 0. The van der Waals surface area contributed by atoms with Crippen LogP contribution >= 0.6 is 0 Å². The van der Waals surface area contributed by atoms with Crippen LogP contribution in [0.4, 0.5) is 5.82 Å². The number of pyridine rings is 1. The van der Waals surface area contributed by atoms with E-state index in [2.05, 4.69) is 26.1 Å². The summed E-state index contributed by atoms with van der Waals surface area (Å²) in [4.78, 5) is 21.4. The van der Waals surface area contributed by atoms with Crippen molar-refractivity contribution in [1.82, 2.24) is 20.1 Å². The molecule has 1 saturated heterocycles. The van der Waals surface area contributed by atoms with Crippen molar-refractivity contribution in [2.24, 2.45) is 0 Å². The second kappa shape index (κ2) is 6.30. The molecule has 136 valence electrons. The molecule has 0 saturated carbocycles. The number of anilines is 1. The molecular weight excluding hydrogens is 338 g/mol. The Morgan fingerprint density at radius 2 is 1.96 bits per heavy atom. The lowest BCUT2D eigenvalue weighted by molar-refractivity contribution is 0.0699. The third-order valence-electron chi connectivity index (χ3n) is 5.68. The molecule has 1 aromatic carbocycles. The zero-order chi connectivity index (χ0) is 18.4. The Kier molecular flexibility index (Phi) is 3.77. The maximum absolute atomic E-state index is 12.8. The average molecular weight is 359 g/mol. The van der Waals surface area contributed by atoms with Crippen LogP contribution in [0.25, 0.3) is 10.9 Å². The van der Waals surface area contributed by atoms with Crippen LogP contribution in [0.3, 0.4) is 0 Å². The zero-order valence-electron chi connectivity index (χ0n) is 15.3. The first-order valence-corrected chi connectivity index (χ1v) is 9.42. The summed E-state index contributed by atoms with van der Waals surface area (Å²) in [5.41, 5.74) is 3.81. The lowest BCUT2D eigenvalue weighted by Crippen LogP contribution is -2.60. The van der Waals surface area contributed by atoms with E-state index in [1.165, 1.54) is 12.0 Å². The van der Waals surface area contributed by atoms with Gasteiger partial charge in [-0.3, -0.25) is 4.79 Å². The smallest absolute Gasteiger partial charge is 0.272 e. The van der Waals surface area contributed by atoms with Crippen molar-refractivity contribution in [3.05, 3.63) is 59.4 Å². The van der Waals surface area contributed by atoms with Crippen LogP contribution in [0.1, 0.15) is 28.2 Å². The van der Waals surface area contributed by atoms with Crippen LogP contribution < -0.4 is 4.90 Å². The van der Waals surface area contributed by atoms with Crippen LogP contribution in [0, 0.1) is 0 Å². The van der Waals surface area contributed by atoms with Gasteiger partial charge in [0.1, 0.15) is 5.69 Å². The lowest BCUT2D eigenvalue weighted by Gasteiger charge is -2.44. The van der Waals surface area contributed by atoms with Crippen molar-refractivity contribution in [1.29, 1.82) is 0 Å². The van der Waals surface area contributed by atoms with E-state index >= 15 is 0 Å². The van der Waals surface area contributed by atoms with Gasteiger partial charge in [0.15, 0.2) is 5.82 Å². The van der Waals surface area contributed by atoms with Crippen molar-refractivity contribution in [2.45, 2.75) is 25.3 Å². The van der Waals surface area contributed by atoms with Crippen LogP contribution in [0.5, 0.6) is 0 Å². The first-order chi connectivity index (χ1) is 13.2. The third-order valence-corrected chi connectivity index (χ3v) is 5.68. The van der Waals surface area contributed by atoms with Crippen molar-refractivity contribution in [3.63, 3.8) is 0 Å². The number of likely N-dealkylation sites (N-methyl/N-ethyl adjacent to an activating group) is 1. The number of fused-ring (bicyclic) bond motifs is 2. The summed E-state index contributed by atoms with van der Waals surface area (Å²) in [5, 5.41) is 9.77. The fourth-order valence-electron chi connectivity index (χ4n) is 3.89. The van der Waals surface area contributed by atoms with Crippen molar-refractivity contribution in [3.8, 4) is 0 Å². The van der Waals surface area contributed by atoms with Gasteiger partial charge in [-0.1, -0.05) is 24.3 Å². The number of hydrogen-bond acceptors (Lipinski definition) is 5. The Balaban J connectivity index is 1.27. The van der Waals surface area contributed by atoms with Crippen molar-refractivity contribution >= 4 is 22.6 Å². The molecule has 1 fully saturated rings. The van der Waals surface area contributed by atoms with Crippen LogP contribution in [-0.4, -0.2) is 52.2 Å². The molecule has 0 bridgehead atoms. The fraction of sp³-hybridized carbons (Fsp3) is 0.333. The second-order valence-corrected chi connectivity index (χ2v) is 7.39. The third kappa shape index (κ3) is 2.81. The number of hydrogen-bond donors (Lipinski definition) is 0. The summed E-state index contributed by atoms with van der Waals surface area (Å²) in [5.74, 6) is 0.891. The Labute approximate surface area is 157 Å². The fourth-order valence-corrected chi connectivity index (χ4v) is 3.89. The van der Waals surface area contributed by atoms with Gasteiger partial charge in [0.2, 0.25) is 0 Å². The molecule has 1 aliphatic heterocycles. The van der Waals surface area contributed by atoms with E-state index in [0.717, 1.165) is 48.3 Å². The van der Waals surface area contributed by atoms with Gasteiger partial charge in [0, 0.05) is 25.5 Å². The molecule has 3 heterocycles. The van der Waals surface area contributed by atoms with E-state index in [1.54, 1.807) is 4.90 Å². The van der Waals surface area contributed by atoms with Crippen LogP contribution in [-0.2, 0) is 12.8 Å². The molecule has 1 aliphatic carbocycles. The number of para-hydroxylation sites is 1. The molecule has 3 aromatic rings. The lowest BCUT2D eigenvalue weighted by atomic mass is 10.1. The molecule has 1 amide bonds. The Hall–Kier alpha value is -3.02. The molecular formula is C21H21N5O. The molecule has 5 rings (SSSR count). The van der Waals surface area contributed by atoms with E-state index in [9.17, 15) is 4.79 Å². The van der Waals surface area contributed by atoms with Crippen molar-refractivity contribution in [2.75, 3.05) is 25.0 Å². The van der Waals surface area contributed by atoms with Crippen LogP contribution in [0.15, 0.2) is 42.5 Å². The molecule has 2 aliphatic rings. The summed E-state index contributed by atoms with van der Waals surface area (Å²) >= 11 is 0. The van der Waals surface area contributed by atoms with Gasteiger partial charge < -0.3 is 9.80 Å². The SMILES string of the molecule is CN(C(=O)c1ccc2ccccc2n1)C1CN(c2cc3c(nn2)CCC3)C1. The molecule has 27 heavy (non-hydrogen) atoms. The molecule has 0 N–H and O–H groups in total. The molecule has 0 atom stereocenters. The van der Waals surface area contributed by atoms with Gasteiger partial charge in [-0.15, -0.1) is 5.10 Å². The van der Waals surface area contributed by atoms with Gasteiger partial charge in [-0.25, -0.2) is 4.98 Å². The zero-order valence-corrected chi connectivity index (χ0v) is 15.3. The standard InChI is InChI=1S/C21H21N5O/c1-25(21(27)19-10-9-14-5-2-3-7-17(14)22-19)16-12-26(13-16)20-11-15-6-4-8-18(15)23-24-20/h2-3,5,7,9-11,16H,4,6,8,12-13H2,1H3. The Morgan fingerprint density at radius 1 is 1.11 bits per heavy atom. The highest BCUT2D eigenvalue weighted by molar-refractivity contribution is 5.95. The predicted octanol–water partition coefficient (Wildman–Crippen LogP) is 2.47. The predicted molar refractivity (Wildman–Crippen MR) is 104 cm³/mol. The maximum Gasteiger partial charge on any atom is 0.272 e. The second-order valence-electron chi connectivity index (χ2n) is 7.39. The number of carbonyl (C=O) groups excluding carboxylic acids is 1. The van der Waals surface area contributed by atoms with Crippen molar-refractivity contribution < 1.29 is 4.79 Å². The van der Waals surface area contributed by atoms with Gasteiger partial charge in [-0.2, -0.15) is 5.10 Å². The average Bonchev–Trinajstić information content (AvgIpc) is 3.13. The highest BCUT2D eigenvalue weighted by Crippen LogP contribution is 2.26. The van der Waals surface area contributed by atoms with E-state index in [1.807, 2.05) is 43.4 Å². The normalized spacial score (nSPS) is 16.3. The first kappa shape index (κ1) is 16.2. The summed E-state index contributed by atoms with van der Waals surface area (Å²) in [6, 6.07) is 13.9. The molecule has 0 spiro atoms. The summed E-state index contributed by atoms with van der Waals surface area (Å²) in [6.45, 7) is 1.56. The first-order valence-electron chi connectivity index (χ1n) is 9.42. The maximum atomic E-state index is 12.8. The molecule has 2 aromatic heterocycles. The number of aryl methyl sites for hydroxylation is 2. The number of amides is 1. The minimum absolute atomic E-state index is 0.0366. The highest BCUT2D eigenvalue weighted by atomic mass is 16.2. The Bertz CT molecular complexity index is 1030. The van der Waals surface area contributed by atoms with E-state index < -0.39 is 0 Å². The number of rotatable bonds is 3.